The van der Waals surface area contributed by atoms with Gasteiger partial charge < -0.3 is 18.6 Å². The number of hydrogen-bond donors (Lipinski definition) is 0. The fourth-order valence-corrected chi connectivity index (χ4v) is 4.71. The van der Waals surface area contributed by atoms with Crippen molar-refractivity contribution >= 4 is 17.7 Å². The second kappa shape index (κ2) is 12.8. The van der Waals surface area contributed by atoms with Crippen molar-refractivity contribution in [3.8, 4) is 22.8 Å². The highest BCUT2D eigenvalue weighted by Crippen LogP contribution is 2.35. The van der Waals surface area contributed by atoms with Gasteiger partial charge in [-0.3, -0.25) is 0 Å². The lowest BCUT2D eigenvalue weighted by Crippen LogP contribution is -2.14. The van der Waals surface area contributed by atoms with Gasteiger partial charge >= 0.3 is 12.1 Å². The van der Waals surface area contributed by atoms with Gasteiger partial charge in [-0.2, -0.15) is 13.2 Å². The molecule has 0 aliphatic rings. The summed E-state index contributed by atoms with van der Waals surface area (Å²) < 4.78 is 61.4. The first-order valence-corrected chi connectivity index (χ1v) is 13.2. The van der Waals surface area contributed by atoms with E-state index in [-0.39, 0.29) is 13.2 Å². The monoisotopic (exact) mass is 556 g/mol. The van der Waals surface area contributed by atoms with Gasteiger partial charge in [-0.25, -0.2) is 4.79 Å². The third-order valence-electron chi connectivity index (χ3n) is 5.70. The summed E-state index contributed by atoms with van der Waals surface area (Å²) in [6.07, 6.45) is -4.41. The van der Waals surface area contributed by atoms with Crippen molar-refractivity contribution in [2.75, 3.05) is 13.2 Å². The van der Waals surface area contributed by atoms with Crippen LogP contribution in [0.25, 0.3) is 11.3 Å². The molecule has 0 saturated carbocycles. The molecule has 0 aliphatic carbocycles. The van der Waals surface area contributed by atoms with Crippen LogP contribution in [0.4, 0.5) is 13.2 Å². The number of furan rings is 1. The average molecular weight is 557 g/mol. The summed E-state index contributed by atoms with van der Waals surface area (Å²) in [7, 11) is 0. The number of alkyl halides is 3. The van der Waals surface area contributed by atoms with Crippen molar-refractivity contribution in [1.82, 2.24) is 0 Å². The predicted octanol–water partition coefficient (Wildman–Crippen LogP) is 8.09. The molecule has 0 aliphatic heterocycles. The maximum Gasteiger partial charge on any atom is 0.416 e. The SMILES string of the molecule is CCOC(=O)COc1ccc(SCc2cc(-c3ccc(C(F)(F)F)cc3)oc2COc2ccccc2)cc1C. The number of rotatable bonds is 11. The third-order valence-corrected chi connectivity index (χ3v) is 6.74. The summed E-state index contributed by atoms with van der Waals surface area (Å²) in [6, 6.07) is 21.7. The molecule has 0 atom stereocenters. The summed E-state index contributed by atoms with van der Waals surface area (Å²) in [6.45, 7) is 3.93. The van der Waals surface area contributed by atoms with Gasteiger partial charge in [0.1, 0.15) is 29.6 Å². The smallest absolute Gasteiger partial charge is 0.416 e. The molecule has 0 amide bonds. The van der Waals surface area contributed by atoms with E-state index in [1.807, 2.05) is 55.5 Å². The van der Waals surface area contributed by atoms with Crippen LogP contribution in [0.3, 0.4) is 0 Å². The van der Waals surface area contributed by atoms with E-state index in [1.54, 1.807) is 24.8 Å². The van der Waals surface area contributed by atoms with Crippen LogP contribution in [0.1, 0.15) is 29.4 Å². The number of carbonyl (C=O) groups is 1. The molecule has 4 aromatic rings. The van der Waals surface area contributed by atoms with Crippen molar-refractivity contribution in [3.05, 3.63) is 101 Å². The molecule has 1 heterocycles. The maximum absolute atomic E-state index is 13.0. The van der Waals surface area contributed by atoms with E-state index in [0.717, 1.165) is 28.2 Å². The summed E-state index contributed by atoms with van der Waals surface area (Å²) in [5.41, 5.74) is 1.56. The lowest BCUT2D eigenvalue weighted by atomic mass is 10.1. The molecule has 0 radical (unpaired) electrons. The minimum Gasteiger partial charge on any atom is -0.486 e. The Morgan fingerprint density at radius 2 is 1.69 bits per heavy atom. The second-order valence-corrected chi connectivity index (χ2v) is 9.59. The Morgan fingerprint density at radius 1 is 0.949 bits per heavy atom. The molecule has 0 spiro atoms. The number of thioether (sulfide) groups is 1. The normalized spacial score (nSPS) is 11.3. The first kappa shape index (κ1) is 28.2. The van der Waals surface area contributed by atoms with Gasteiger partial charge in [-0.05, 0) is 67.9 Å². The van der Waals surface area contributed by atoms with Gasteiger partial charge in [0.05, 0.1) is 12.2 Å². The minimum absolute atomic E-state index is 0.159. The molecule has 0 bridgehead atoms. The Kier molecular flexibility index (Phi) is 9.24. The van der Waals surface area contributed by atoms with Crippen molar-refractivity contribution in [2.24, 2.45) is 0 Å². The van der Waals surface area contributed by atoms with Crippen LogP contribution in [-0.4, -0.2) is 19.2 Å². The van der Waals surface area contributed by atoms with Crippen LogP contribution in [0.15, 0.2) is 88.2 Å². The number of halogens is 3. The largest absolute Gasteiger partial charge is 0.486 e. The number of ether oxygens (including phenoxy) is 3. The lowest BCUT2D eigenvalue weighted by Gasteiger charge is -2.10. The molecule has 0 N–H and O–H groups in total. The maximum atomic E-state index is 13.0. The van der Waals surface area contributed by atoms with E-state index in [1.165, 1.54) is 12.1 Å². The highest BCUT2D eigenvalue weighted by molar-refractivity contribution is 7.98. The van der Waals surface area contributed by atoms with Crippen LogP contribution < -0.4 is 9.47 Å². The van der Waals surface area contributed by atoms with E-state index in [2.05, 4.69) is 0 Å². The zero-order valence-corrected chi connectivity index (χ0v) is 22.2. The Morgan fingerprint density at radius 3 is 2.36 bits per heavy atom. The minimum atomic E-state index is -4.41. The zero-order chi connectivity index (χ0) is 27.8. The van der Waals surface area contributed by atoms with Gasteiger partial charge in [0.25, 0.3) is 0 Å². The van der Waals surface area contributed by atoms with Crippen molar-refractivity contribution < 1.29 is 36.6 Å². The fraction of sp³-hybridized carbons (Fsp3) is 0.233. The van der Waals surface area contributed by atoms with Gasteiger partial charge in [0.2, 0.25) is 0 Å². The topological polar surface area (TPSA) is 57.9 Å². The molecular formula is C30H27F3O5S. The molecule has 0 fully saturated rings. The standard InChI is InChI=1S/C30H27F3O5S/c1-3-35-29(34)18-37-26-14-13-25(15-20(26)2)39-19-22-16-27(21-9-11-23(12-10-21)30(31,32)33)38-28(22)17-36-24-7-5-4-6-8-24/h4-16H,3,17-19H2,1-2H3. The Balaban J connectivity index is 1.50. The molecule has 39 heavy (non-hydrogen) atoms. The van der Waals surface area contributed by atoms with Crippen molar-refractivity contribution in [2.45, 2.75) is 37.3 Å². The van der Waals surface area contributed by atoms with Crippen LogP contribution in [0, 0.1) is 6.92 Å². The van der Waals surface area contributed by atoms with Crippen LogP contribution in [0.5, 0.6) is 11.5 Å². The van der Waals surface area contributed by atoms with Gasteiger partial charge in [0, 0.05) is 21.8 Å². The quantitative estimate of drug-likeness (QED) is 0.137. The van der Waals surface area contributed by atoms with Crippen molar-refractivity contribution in [3.63, 3.8) is 0 Å². The van der Waals surface area contributed by atoms with E-state index in [0.29, 0.717) is 40.9 Å². The fourth-order valence-electron chi connectivity index (χ4n) is 3.72. The van der Waals surface area contributed by atoms with E-state index >= 15 is 0 Å². The average Bonchev–Trinajstić information content (AvgIpc) is 3.33. The first-order valence-electron chi connectivity index (χ1n) is 12.2. The Labute approximate surface area is 228 Å². The molecule has 0 unspecified atom stereocenters. The second-order valence-electron chi connectivity index (χ2n) is 8.55. The highest BCUT2D eigenvalue weighted by Gasteiger charge is 2.30. The van der Waals surface area contributed by atoms with Crippen LogP contribution in [0.2, 0.25) is 0 Å². The van der Waals surface area contributed by atoms with E-state index in [9.17, 15) is 18.0 Å². The summed E-state index contributed by atoms with van der Waals surface area (Å²) in [4.78, 5) is 12.5. The summed E-state index contributed by atoms with van der Waals surface area (Å²) in [5.74, 6) is 2.44. The number of para-hydroxylation sites is 1. The lowest BCUT2D eigenvalue weighted by molar-refractivity contribution is -0.145. The van der Waals surface area contributed by atoms with Crippen molar-refractivity contribution in [1.29, 1.82) is 0 Å². The zero-order valence-electron chi connectivity index (χ0n) is 21.4. The Hall–Kier alpha value is -3.85. The number of hydrogen-bond acceptors (Lipinski definition) is 6. The number of benzene rings is 3. The van der Waals surface area contributed by atoms with E-state index in [4.69, 9.17) is 18.6 Å². The Bertz CT molecular complexity index is 1380. The number of aryl methyl sites for hydroxylation is 1. The molecule has 4 rings (SSSR count). The molecular weight excluding hydrogens is 529 g/mol. The van der Waals surface area contributed by atoms with E-state index < -0.39 is 17.7 Å². The summed E-state index contributed by atoms with van der Waals surface area (Å²) >= 11 is 1.57. The first-order chi connectivity index (χ1) is 18.7. The molecule has 5 nitrogen and oxygen atoms in total. The van der Waals surface area contributed by atoms with Crippen LogP contribution >= 0.6 is 11.8 Å². The number of esters is 1. The van der Waals surface area contributed by atoms with Gasteiger partial charge in [0.15, 0.2) is 6.61 Å². The van der Waals surface area contributed by atoms with Crippen LogP contribution in [-0.2, 0) is 28.1 Å². The molecule has 1 aromatic heterocycles. The highest BCUT2D eigenvalue weighted by atomic mass is 32.2. The molecule has 204 valence electrons. The molecule has 0 saturated heterocycles. The van der Waals surface area contributed by atoms with Gasteiger partial charge in [-0.1, -0.05) is 30.3 Å². The number of carbonyl (C=O) groups excluding carboxylic acids is 1. The molecule has 3 aromatic carbocycles. The molecule has 9 heteroatoms. The van der Waals surface area contributed by atoms with Gasteiger partial charge in [-0.15, -0.1) is 11.8 Å². The summed E-state index contributed by atoms with van der Waals surface area (Å²) in [5, 5.41) is 0. The third kappa shape index (κ3) is 7.83. The predicted molar refractivity (Wildman–Crippen MR) is 143 cm³/mol.